The van der Waals surface area contributed by atoms with Gasteiger partial charge in [0.2, 0.25) is 5.88 Å². The maximum Gasteiger partial charge on any atom is 0.340 e. The van der Waals surface area contributed by atoms with Gasteiger partial charge in [-0.25, -0.2) is 4.79 Å². The molecule has 0 radical (unpaired) electrons. The molecule has 132 valence electrons. The summed E-state index contributed by atoms with van der Waals surface area (Å²) in [6, 6.07) is 7.47. The third-order valence-corrected chi connectivity index (χ3v) is 5.09. The van der Waals surface area contributed by atoms with Gasteiger partial charge in [0.05, 0.1) is 13.0 Å². The first-order valence-electron chi connectivity index (χ1n) is 8.01. The van der Waals surface area contributed by atoms with Gasteiger partial charge in [0.15, 0.2) is 5.78 Å². The second kappa shape index (κ2) is 6.33. The zero-order valence-corrected chi connectivity index (χ0v) is 16.0. The van der Waals surface area contributed by atoms with E-state index < -0.39 is 11.9 Å². The number of Topliss-reactive ketones (excluding diaryl/α,β-unsaturated/α-hetero) is 1. The predicted molar refractivity (Wildman–Crippen MR) is 96.2 cm³/mol. The minimum atomic E-state index is -0.588. The van der Waals surface area contributed by atoms with Crippen LogP contribution in [0, 0.1) is 5.41 Å². The molecular formula is C19H20BrNO4. The number of esters is 1. The number of carbonyl (C=O) groups is 2. The van der Waals surface area contributed by atoms with E-state index >= 15 is 0 Å². The van der Waals surface area contributed by atoms with E-state index in [1.54, 1.807) is 0 Å². The van der Waals surface area contributed by atoms with Crippen molar-refractivity contribution < 1.29 is 19.1 Å². The van der Waals surface area contributed by atoms with Crippen LogP contribution in [0.3, 0.4) is 0 Å². The summed E-state index contributed by atoms with van der Waals surface area (Å²) in [6.07, 6.45) is 0.993. The number of benzene rings is 1. The minimum Gasteiger partial charge on any atom is -0.465 e. The Kier molecular flexibility index (Phi) is 4.49. The fourth-order valence-electron chi connectivity index (χ4n) is 3.48. The third kappa shape index (κ3) is 3.23. The molecule has 0 fully saturated rings. The van der Waals surface area contributed by atoms with Crippen molar-refractivity contribution in [1.82, 2.24) is 0 Å². The fraction of sp³-hybridized carbons (Fsp3) is 0.368. The van der Waals surface area contributed by atoms with Crippen LogP contribution in [-0.2, 0) is 19.1 Å². The zero-order chi connectivity index (χ0) is 18.4. The van der Waals surface area contributed by atoms with Crippen molar-refractivity contribution in [2.75, 3.05) is 7.11 Å². The zero-order valence-electron chi connectivity index (χ0n) is 14.4. The van der Waals surface area contributed by atoms with Crippen molar-refractivity contribution in [2.45, 2.75) is 32.6 Å². The van der Waals surface area contributed by atoms with E-state index in [4.69, 9.17) is 15.2 Å². The first-order chi connectivity index (χ1) is 11.7. The van der Waals surface area contributed by atoms with Crippen molar-refractivity contribution in [3.8, 4) is 0 Å². The minimum absolute atomic E-state index is 0.00372. The molecule has 6 heteroatoms. The van der Waals surface area contributed by atoms with Crippen molar-refractivity contribution in [2.24, 2.45) is 11.1 Å². The molecule has 1 unspecified atom stereocenters. The number of hydrogen-bond donors (Lipinski definition) is 1. The van der Waals surface area contributed by atoms with Crippen LogP contribution in [0.25, 0.3) is 0 Å². The lowest BCUT2D eigenvalue weighted by Gasteiger charge is -2.37. The second-order valence-electron chi connectivity index (χ2n) is 7.13. The molecule has 3 rings (SSSR count). The molecule has 25 heavy (non-hydrogen) atoms. The normalized spacial score (nSPS) is 22.4. The number of halogens is 1. The summed E-state index contributed by atoms with van der Waals surface area (Å²) in [4.78, 5) is 25.2. The van der Waals surface area contributed by atoms with Crippen LogP contribution in [0.15, 0.2) is 51.5 Å². The van der Waals surface area contributed by atoms with E-state index in [1.807, 2.05) is 38.1 Å². The van der Waals surface area contributed by atoms with Crippen molar-refractivity contribution in [3.05, 3.63) is 57.1 Å². The van der Waals surface area contributed by atoms with Crippen LogP contribution in [0.1, 0.15) is 38.2 Å². The van der Waals surface area contributed by atoms with E-state index in [9.17, 15) is 9.59 Å². The lowest BCUT2D eigenvalue weighted by Crippen LogP contribution is -2.35. The van der Waals surface area contributed by atoms with Gasteiger partial charge < -0.3 is 15.2 Å². The second-order valence-corrected chi connectivity index (χ2v) is 8.05. The number of carbonyl (C=O) groups excluding carboxylic acids is 2. The van der Waals surface area contributed by atoms with Crippen LogP contribution < -0.4 is 5.73 Å². The van der Waals surface area contributed by atoms with Gasteiger partial charge in [0.25, 0.3) is 0 Å². The highest BCUT2D eigenvalue weighted by atomic mass is 79.9. The molecule has 1 atom stereocenters. The number of ketones is 1. The standard InChI is InChI=1S/C19H20BrNO4/c1-19(2)8-12(22)15-13(9-19)25-17(21)16(18(23)24-3)14(15)10-4-6-11(20)7-5-10/h4-7,14H,8-9,21H2,1-3H3. The maximum atomic E-state index is 12.9. The molecule has 0 bridgehead atoms. The summed E-state index contributed by atoms with van der Waals surface area (Å²) in [7, 11) is 1.29. The Morgan fingerprint density at radius 1 is 1.28 bits per heavy atom. The largest absolute Gasteiger partial charge is 0.465 e. The number of allylic oxidation sites excluding steroid dienone is 2. The smallest absolute Gasteiger partial charge is 0.340 e. The lowest BCUT2D eigenvalue weighted by molar-refractivity contribution is -0.136. The molecule has 0 saturated carbocycles. The van der Waals surface area contributed by atoms with Gasteiger partial charge in [-0.3, -0.25) is 4.79 Å². The monoisotopic (exact) mass is 405 g/mol. The molecule has 0 saturated heterocycles. The number of methoxy groups -OCH3 is 1. The van der Waals surface area contributed by atoms with E-state index in [1.165, 1.54) is 7.11 Å². The maximum absolute atomic E-state index is 12.9. The summed E-state index contributed by atoms with van der Waals surface area (Å²) < 4.78 is 11.5. The van der Waals surface area contributed by atoms with E-state index in [2.05, 4.69) is 15.9 Å². The lowest BCUT2D eigenvalue weighted by atomic mass is 9.70. The molecule has 0 amide bonds. The average Bonchev–Trinajstić information content (AvgIpc) is 2.52. The molecule has 5 nitrogen and oxygen atoms in total. The van der Waals surface area contributed by atoms with Crippen LogP contribution in [0.4, 0.5) is 0 Å². The quantitative estimate of drug-likeness (QED) is 0.760. The summed E-state index contributed by atoms with van der Waals surface area (Å²) in [5.41, 5.74) is 7.34. The summed E-state index contributed by atoms with van der Waals surface area (Å²) in [5, 5.41) is 0. The Balaban J connectivity index is 2.19. The van der Waals surface area contributed by atoms with Gasteiger partial charge in [-0.2, -0.15) is 0 Å². The number of hydrogen-bond acceptors (Lipinski definition) is 5. The predicted octanol–water partition coefficient (Wildman–Crippen LogP) is 3.55. The topological polar surface area (TPSA) is 78.6 Å². The van der Waals surface area contributed by atoms with Crippen LogP contribution in [-0.4, -0.2) is 18.9 Å². The highest BCUT2D eigenvalue weighted by Crippen LogP contribution is 2.48. The number of nitrogens with two attached hydrogens (primary N) is 1. The van der Waals surface area contributed by atoms with Crippen LogP contribution >= 0.6 is 15.9 Å². The molecule has 1 aromatic carbocycles. The molecule has 1 heterocycles. The van der Waals surface area contributed by atoms with Gasteiger partial charge >= 0.3 is 5.97 Å². The molecule has 1 aliphatic carbocycles. The first-order valence-corrected chi connectivity index (χ1v) is 8.80. The molecule has 1 aliphatic heterocycles. The van der Waals surface area contributed by atoms with E-state index in [0.29, 0.717) is 24.2 Å². The Morgan fingerprint density at radius 2 is 1.92 bits per heavy atom. The molecule has 0 aromatic heterocycles. The SMILES string of the molecule is COC(=O)C1=C(N)OC2=C(C(=O)CC(C)(C)C2)C1c1ccc(Br)cc1. The fourth-order valence-corrected chi connectivity index (χ4v) is 3.75. The van der Waals surface area contributed by atoms with Gasteiger partial charge in [-0.05, 0) is 23.1 Å². The number of ether oxygens (including phenoxy) is 2. The third-order valence-electron chi connectivity index (χ3n) is 4.56. The number of rotatable bonds is 2. The molecule has 0 spiro atoms. The van der Waals surface area contributed by atoms with Crippen molar-refractivity contribution in [1.29, 1.82) is 0 Å². The molecule has 2 aliphatic rings. The summed E-state index contributed by atoms with van der Waals surface area (Å²) in [6.45, 7) is 4.03. The Bertz CT molecular complexity index is 805. The van der Waals surface area contributed by atoms with Gasteiger partial charge in [0, 0.05) is 22.9 Å². The van der Waals surface area contributed by atoms with Gasteiger partial charge in [0.1, 0.15) is 11.3 Å². The Labute approximate surface area is 155 Å². The molecule has 2 N–H and O–H groups in total. The van der Waals surface area contributed by atoms with Gasteiger partial charge in [-0.15, -0.1) is 0 Å². The summed E-state index contributed by atoms with van der Waals surface area (Å²) in [5.74, 6) is -0.626. The highest BCUT2D eigenvalue weighted by molar-refractivity contribution is 9.10. The summed E-state index contributed by atoms with van der Waals surface area (Å²) >= 11 is 3.40. The first kappa shape index (κ1) is 17.7. The van der Waals surface area contributed by atoms with Gasteiger partial charge in [-0.1, -0.05) is 41.9 Å². The Morgan fingerprint density at radius 3 is 2.52 bits per heavy atom. The molecule has 1 aromatic rings. The van der Waals surface area contributed by atoms with Crippen molar-refractivity contribution >= 4 is 27.7 Å². The van der Waals surface area contributed by atoms with Crippen LogP contribution in [0.2, 0.25) is 0 Å². The van der Waals surface area contributed by atoms with E-state index in [0.717, 1.165) is 10.0 Å². The average molecular weight is 406 g/mol. The van der Waals surface area contributed by atoms with Crippen molar-refractivity contribution in [3.63, 3.8) is 0 Å². The highest BCUT2D eigenvalue weighted by Gasteiger charge is 2.44. The van der Waals surface area contributed by atoms with E-state index in [-0.39, 0.29) is 22.7 Å². The molecular weight excluding hydrogens is 386 g/mol. The van der Waals surface area contributed by atoms with Crippen LogP contribution in [0.5, 0.6) is 0 Å². The Hall–Kier alpha value is -2.08.